The molecule has 3 rings (SSSR count). The highest BCUT2D eigenvalue weighted by Gasteiger charge is 2.30. The third-order valence-electron chi connectivity index (χ3n) is 3.84. The lowest BCUT2D eigenvalue weighted by molar-refractivity contribution is -0.137. The summed E-state index contributed by atoms with van der Waals surface area (Å²) in [4.78, 5) is 16.2. The Labute approximate surface area is 141 Å². The average molecular weight is 348 g/mol. The van der Waals surface area contributed by atoms with Gasteiger partial charge in [0.15, 0.2) is 0 Å². The molecule has 8 heteroatoms. The first-order valence-corrected chi connectivity index (χ1v) is 7.43. The molecule has 0 bridgehead atoms. The molecule has 0 aliphatic rings. The minimum Gasteiger partial charge on any atom is -0.314 e. The van der Waals surface area contributed by atoms with Crippen LogP contribution in [-0.2, 0) is 17.5 Å². The number of rotatable bonds is 3. The van der Waals surface area contributed by atoms with Gasteiger partial charge in [-0.3, -0.25) is 10.2 Å². The second-order valence-corrected chi connectivity index (χ2v) is 5.66. The van der Waals surface area contributed by atoms with Crippen LogP contribution in [0.2, 0.25) is 0 Å². The summed E-state index contributed by atoms with van der Waals surface area (Å²) in [6, 6.07) is 10.2. The van der Waals surface area contributed by atoms with Crippen molar-refractivity contribution in [1.82, 2.24) is 15.0 Å². The molecule has 2 aromatic carbocycles. The number of fused-ring (bicyclic) bond motifs is 1. The van der Waals surface area contributed by atoms with Gasteiger partial charge >= 0.3 is 6.18 Å². The third kappa shape index (κ3) is 3.34. The van der Waals surface area contributed by atoms with E-state index in [1.165, 1.54) is 12.1 Å². The number of amides is 1. The number of nitrogens with zero attached hydrogens (tertiary/aromatic N) is 2. The second-order valence-electron chi connectivity index (χ2n) is 5.66. The van der Waals surface area contributed by atoms with Crippen LogP contribution >= 0.6 is 0 Å². The molecule has 0 saturated carbocycles. The molecule has 0 spiro atoms. The van der Waals surface area contributed by atoms with E-state index in [-0.39, 0.29) is 6.54 Å². The second kappa shape index (κ2) is 6.21. The minimum absolute atomic E-state index is 0.0905. The van der Waals surface area contributed by atoms with E-state index in [1.807, 2.05) is 19.1 Å². The zero-order valence-electron chi connectivity index (χ0n) is 13.3. The summed E-state index contributed by atoms with van der Waals surface area (Å²) < 4.78 is 39.9. The average Bonchev–Trinajstić information content (AvgIpc) is 2.92. The number of hydrogen-bond donors (Lipinski definition) is 2. The lowest BCUT2D eigenvalue weighted by Crippen LogP contribution is -2.33. The number of nitrogens with two attached hydrogens (primary N) is 1. The van der Waals surface area contributed by atoms with Gasteiger partial charge in [-0.1, -0.05) is 18.2 Å². The quantitative estimate of drug-likeness (QED) is 0.434. The number of aryl methyl sites for hydroxylation is 1. The van der Waals surface area contributed by atoms with Crippen LogP contribution in [0.1, 0.15) is 11.1 Å². The smallest absolute Gasteiger partial charge is 0.314 e. The summed E-state index contributed by atoms with van der Waals surface area (Å²) in [5.41, 5.74) is 4.11. The molecule has 130 valence electrons. The van der Waals surface area contributed by atoms with Crippen LogP contribution in [0.3, 0.4) is 0 Å². The number of hydrazine groups is 1. The summed E-state index contributed by atoms with van der Waals surface area (Å²) in [5, 5.41) is 0. The standard InChI is InChI=1S/C17H15F3N4O/c1-10-2-7-13-14(8-10)24(9-15(25)23-21)16(22-13)11-3-5-12(6-4-11)17(18,19)20/h2-8H,9,21H2,1H3,(H,23,25). The van der Waals surface area contributed by atoms with Gasteiger partial charge < -0.3 is 4.57 Å². The Hall–Kier alpha value is -2.87. The predicted molar refractivity (Wildman–Crippen MR) is 87.2 cm³/mol. The minimum atomic E-state index is -4.41. The van der Waals surface area contributed by atoms with Crippen LogP contribution in [-0.4, -0.2) is 15.5 Å². The van der Waals surface area contributed by atoms with Crippen LogP contribution in [0.25, 0.3) is 22.4 Å². The van der Waals surface area contributed by atoms with E-state index in [0.29, 0.717) is 22.4 Å². The van der Waals surface area contributed by atoms with E-state index < -0.39 is 17.6 Å². The molecule has 25 heavy (non-hydrogen) atoms. The Balaban J connectivity index is 2.14. The first-order valence-electron chi connectivity index (χ1n) is 7.43. The van der Waals surface area contributed by atoms with Crippen LogP contribution < -0.4 is 11.3 Å². The Morgan fingerprint density at radius 1 is 1.20 bits per heavy atom. The summed E-state index contributed by atoms with van der Waals surface area (Å²) in [7, 11) is 0. The number of aromatic nitrogens is 2. The maximum Gasteiger partial charge on any atom is 0.416 e. The predicted octanol–water partition coefficient (Wildman–Crippen LogP) is 3.02. The van der Waals surface area contributed by atoms with Crippen LogP contribution in [0.15, 0.2) is 42.5 Å². The van der Waals surface area contributed by atoms with Crippen molar-refractivity contribution in [3.63, 3.8) is 0 Å². The molecule has 1 amide bonds. The number of halogens is 3. The number of nitrogens with one attached hydrogen (secondary N) is 1. The van der Waals surface area contributed by atoms with Crippen LogP contribution in [0, 0.1) is 6.92 Å². The van der Waals surface area contributed by atoms with E-state index in [9.17, 15) is 18.0 Å². The summed E-state index contributed by atoms with van der Waals surface area (Å²) >= 11 is 0. The van der Waals surface area contributed by atoms with E-state index in [0.717, 1.165) is 17.7 Å². The van der Waals surface area contributed by atoms with Gasteiger partial charge in [-0.2, -0.15) is 13.2 Å². The van der Waals surface area contributed by atoms with Gasteiger partial charge in [0.05, 0.1) is 16.6 Å². The van der Waals surface area contributed by atoms with Crippen LogP contribution in [0.5, 0.6) is 0 Å². The molecule has 0 atom stereocenters. The fourth-order valence-electron chi connectivity index (χ4n) is 2.61. The lowest BCUT2D eigenvalue weighted by atomic mass is 10.1. The summed E-state index contributed by atoms with van der Waals surface area (Å²) in [6.45, 7) is 1.81. The zero-order valence-corrected chi connectivity index (χ0v) is 13.3. The molecule has 0 aliphatic heterocycles. The highest BCUT2D eigenvalue weighted by molar-refractivity contribution is 5.84. The molecule has 0 fully saturated rings. The molecule has 0 radical (unpaired) electrons. The molecule has 0 aliphatic carbocycles. The molecule has 5 nitrogen and oxygen atoms in total. The van der Waals surface area contributed by atoms with E-state index in [1.54, 1.807) is 10.6 Å². The number of benzene rings is 2. The molecular formula is C17H15F3N4O. The van der Waals surface area contributed by atoms with Gasteiger partial charge in [-0.25, -0.2) is 10.8 Å². The summed E-state index contributed by atoms with van der Waals surface area (Å²) in [5.74, 6) is 5.13. The molecule has 3 N–H and O–H groups in total. The Morgan fingerprint density at radius 3 is 2.48 bits per heavy atom. The SMILES string of the molecule is Cc1ccc2nc(-c3ccc(C(F)(F)F)cc3)n(CC(=O)NN)c2c1. The Kier molecular flexibility index (Phi) is 4.22. The first kappa shape index (κ1) is 17.0. The Morgan fingerprint density at radius 2 is 1.88 bits per heavy atom. The number of carbonyl (C=O) groups is 1. The highest BCUT2D eigenvalue weighted by atomic mass is 19.4. The monoisotopic (exact) mass is 348 g/mol. The maximum atomic E-state index is 12.7. The van der Waals surface area contributed by atoms with Crippen molar-refractivity contribution in [3.05, 3.63) is 53.6 Å². The van der Waals surface area contributed by atoms with Crippen LogP contribution in [0.4, 0.5) is 13.2 Å². The number of hydrogen-bond acceptors (Lipinski definition) is 3. The van der Waals surface area contributed by atoms with Gasteiger partial charge in [0, 0.05) is 5.56 Å². The Bertz CT molecular complexity index is 929. The molecular weight excluding hydrogens is 333 g/mol. The lowest BCUT2D eigenvalue weighted by Gasteiger charge is -2.10. The van der Waals surface area contributed by atoms with Crippen molar-refractivity contribution in [3.8, 4) is 11.4 Å². The third-order valence-corrected chi connectivity index (χ3v) is 3.84. The van der Waals surface area contributed by atoms with Gasteiger partial charge in [-0.05, 0) is 36.8 Å². The molecule has 1 heterocycles. The van der Waals surface area contributed by atoms with E-state index in [2.05, 4.69) is 10.4 Å². The zero-order chi connectivity index (χ0) is 18.2. The molecule has 3 aromatic rings. The van der Waals surface area contributed by atoms with Crippen molar-refractivity contribution < 1.29 is 18.0 Å². The first-order chi connectivity index (χ1) is 11.8. The highest BCUT2D eigenvalue weighted by Crippen LogP contribution is 2.32. The fraction of sp³-hybridized carbons (Fsp3) is 0.176. The normalized spacial score (nSPS) is 11.7. The van der Waals surface area contributed by atoms with Crippen molar-refractivity contribution >= 4 is 16.9 Å². The van der Waals surface area contributed by atoms with Crippen molar-refractivity contribution in [2.45, 2.75) is 19.6 Å². The molecule has 1 aromatic heterocycles. The van der Waals surface area contributed by atoms with Gasteiger partial charge in [0.25, 0.3) is 5.91 Å². The molecule has 0 unspecified atom stereocenters. The van der Waals surface area contributed by atoms with Gasteiger partial charge in [0.2, 0.25) is 0 Å². The largest absolute Gasteiger partial charge is 0.416 e. The fourth-order valence-corrected chi connectivity index (χ4v) is 2.61. The summed E-state index contributed by atoms with van der Waals surface area (Å²) in [6.07, 6.45) is -4.41. The van der Waals surface area contributed by atoms with Crippen molar-refractivity contribution in [2.75, 3.05) is 0 Å². The van der Waals surface area contributed by atoms with Gasteiger partial charge in [0.1, 0.15) is 12.4 Å². The van der Waals surface area contributed by atoms with Crippen molar-refractivity contribution in [1.29, 1.82) is 0 Å². The van der Waals surface area contributed by atoms with E-state index >= 15 is 0 Å². The molecule has 0 saturated heterocycles. The maximum absolute atomic E-state index is 12.7. The van der Waals surface area contributed by atoms with Gasteiger partial charge in [-0.15, -0.1) is 0 Å². The number of alkyl halides is 3. The topological polar surface area (TPSA) is 72.9 Å². The number of imidazole rings is 1. The van der Waals surface area contributed by atoms with Crippen molar-refractivity contribution in [2.24, 2.45) is 5.84 Å². The van der Waals surface area contributed by atoms with E-state index in [4.69, 9.17) is 5.84 Å². The number of carbonyl (C=O) groups excluding carboxylic acids is 1.